The Morgan fingerprint density at radius 2 is 2.00 bits per heavy atom. The molecule has 0 bridgehead atoms. The minimum atomic E-state index is -0.769. The van der Waals surface area contributed by atoms with Gasteiger partial charge in [-0.2, -0.15) is 0 Å². The molecular weight excluding hydrogens is 221 g/mol. The molecule has 1 unspecified atom stereocenters. The molecule has 0 saturated heterocycles. The number of rotatable bonds is 5. The third-order valence-corrected chi connectivity index (χ3v) is 3.05. The van der Waals surface area contributed by atoms with Crippen molar-refractivity contribution >= 4 is 20.9 Å². The fourth-order valence-electron chi connectivity index (χ4n) is 0.975. The van der Waals surface area contributed by atoms with Crippen LogP contribution in [0.2, 0.25) is 11.1 Å². The Bertz CT molecular complexity index is 137. The van der Waals surface area contributed by atoms with Crippen molar-refractivity contribution in [2.24, 2.45) is 0 Å². The van der Waals surface area contributed by atoms with Gasteiger partial charge in [0.2, 0.25) is 0 Å². The number of nitrogens with zero attached hydrogens (tertiary/aromatic N) is 1. The number of hydrogen-bond acceptors (Lipinski definition) is 2. The van der Waals surface area contributed by atoms with Gasteiger partial charge in [0.05, 0.1) is 0 Å². The Morgan fingerprint density at radius 3 is 2.33 bits per heavy atom. The van der Waals surface area contributed by atoms with Gasteiger partial charge >= 0.3 is 79.8 Å². The molecule has 0 rings (SSSR count). The van der Waals surface area contributed by atoms with Gasteiger partial charge in [-0.3, -0.25) is 0 Å². The van der Waals surface area contributed by atoms with Crippen molar-refractivity contribution < 1.29 is 9.90 Å². The third kappa shape index (κ3) is 3.57. The zero-order chi connectivity index (χ0) is 9.56. The van der Waals surface area contributed by atoms with Gasteiger partial charge in [0.15, 0.2) is 0 Å². The molecule has 0 aromatic heterocycles. The Balaban J connectivity index is 3.97. The van der Waals surface area contributed by atoms with Gasteiger partial charge in [-0.05, 0) is 0 Å². The van der Waals surface area contributed by atoms with Crippen LogP contribution in [0.5, 0.6) is 0 Å². The summed E-state index contributed by atoms with van der Waals surface area (Å²) in [4.78, 5) is 13.0. The van der Waals surface area contributed by atoms with E-state index in [0.29, 0.717) is 33.4 Å². The van der Waals surface area contributed by atoms with E-state index in [4.69, 9.17) is 0 Å². The number of likely N-dealkylation sites (N-methyl/N-ethyl adjacent to an activating group) is 1. The maximum absolute atomic E-state index is 11.4. The molecule has 0 spiro atoms. The molecule has 0 aromatic carbocycles. The first kappa shape index (κ1) is 11.9. The molecule has 1 N–H and O–H groups in total. The predicted octanol–water partition coefficient (Wildman–Crippen LogP) is 0.386. The predicted molar refractivity (Wildman–Crippen MR) is 50.4 cm³/mol. The van der Waals surface area contributed by atoms with Crippen LogP contribution in [0.1, 0.15) is 13.8 Å². The molecule has 1 amide bonds. The zero-order valence-corrected chi connectivity index (χ0v) is 9.62. The van der Waals surface area contributed by atoms with Crippen molar-refractivity contribution in [3.8, 4) is 0 Å². The molecule has 0 radical (unpaired) electrons. The standard InChI is InChI=1S/C8H17NO2Se/c1-4-9(5-2)8(11)7(10)6-12-3/h7,10H,4-6H2,1-3H3. The first-order valence-electron chi connectivity index (χ1n) is 4.13. The van der Waals surface area contributed by atoms with Crippen molar-refractivity contribution in [1.82, 2.24) is 4.90 Å². The number of carbonyl (C=O) groups excluding carboxylic acids is 1. The molecule has 0 aromatic rings. The van der Waals surface area contributed by atoms with E-state index in [-0.39, 0.29) is 5.91 Å². The third-order valence-electron chi connectivity index (χ3n) is 1.68. The second-order valence-corrected chi connectivity index (χ2v) is 4.39. The molecule has 0 aliphatic heterocycles. The van der Waals surface area contributed by atoms with Crippen LogP contribution in [0.25, 0.3) is 0 Å². The maximum atomic E-state index is 11.4. The average Bonchev–Trinajstić information content (AvgIpc) is 2.07. The molecule has 12 heavy (non-hydrogen) atoms. The number of aliphatic hydroxyl groups excluding tert-OH is 1. The summed E-state index contributed by atoms with van der Waals surface area (Å²) >= 11 is 0.363. The van der Waals surface area contributed by atoms with Crippen molar-refractivity contribution in [2.75, 3.05) is 13.1 Å². The van der Waals surface area contributed by atoms with E-state index < -0.39 is 6.10 Å². The monoisotopic (exact) mass is 239 g/mol. The number of hydrogen-bond donors (Lipinski definition) is 1. The van der Waals surface area contributed by atoms with Crippen molar-refractivity contribution in [1.29, 1.82) is 0 Å². The molecule has 4 heteroatoms. The van der Waals surface area contributed by atoms with E-state index in [0.717, 1.165) is 0 Å². The van der Waals surface area contributed by atoms with Crippen LogP contribution < -0.4 is 0 Å². The van der Waals surface area contributed by atoms with E-state index in [1.807, 2.05) is 19.7 Å². The van der Waals surface area contributed by atoms with Crippen LogP contribution in [-0.2, 0) is 4.79 Å². The Kier molecular flexibility index (Phi) is 6.44. The van der Waals surface area contributed by atoms with Gasteiger partial charge in [0.1, 0.15) is 0 Å². The van der Waals surface area contributed by atoms with E-state index in [2.05, 4.69) is 0 Å². The van der Waals surface area contributed by atoms with Crippen molar-refractivity contribution in [2.45, 2.75) is 31.1 Å². The fourth-order valence-corrected chi connectivity index (χ4v) is 1.94. The SMILES string of the molecule is CCN(CC)C(=O)C(O)C[Se]C. The molecule has 72 valence electrons. The summed E-state index contributed by atoms with van der Waals surface area (Å²) in [6.07, 6.45) is -0.769. The van der Waals surface area contributed by atoms with Crippen molar-refractivity contribution in [3.05, 3.63) is 0 Å². The van der Waals surface area contributed by atoms with Gasteiger partial charge in [-0.1, -0.05) is 0 Å². The first-order valence-corrected chi connectivity index (χ1v) is 7.05. The van der Waals surface area contributed by atoms with Gasteiger partial charge in [-0.25, -0.2) is 0 Å². The molecule has 1 atom stereocenters. The molecule has 0 heterocycles. The van der Waals surface area contributed by atoms with Gasteiger partial charge in [0, 0.05) is 0 Å². The average molecular weight is 238 g/mol. The summed E-state index contributed by atoms with van der Waals surface area (Å²) in [5, 5.41) is 10.0. The van der Waals surface area contributed by atoms with E-state index in [1.54, 1.807) is 4.90 Å². The van der Waals surface area contributed by atoms with Crippen LogP contribution in [0.3, 0.4) is 0 Å². The zero-order valence-electron chi connectivity index (χ0n) is 7.91. The second-order valence-electron chi connectivity index (χ2n) is 2.48. The quantitative estimate of drug-likeness (QED) is 0.704. The Labute approximate surface area is 80.3 Å². The Hall–Kier alpha value is -0.0505. The molecule has 0 fully saturated rings. The van der Waals surface area contributed by atoms with Crippen LogP contribution in [0.4, 0.5) is 0 Å². The van der Waals surface area contributed by atoms with E-state index in [1.165, 1.54) is 0 Å². The summed E-state index contributed by atoms with van der Waals surface area (Å²) in [6, 6.07) is 0. The van der Waals surface area contributed by atoms with E-state index in [9.17, 15) is 9.90 Å². The molecule has 3 nitrogen and oxygen atoms in total. The number of aliphatic hydroxyl groups is 1. The van der Waals surface area contributed by atoms with Crippen LogP contribution >= 0.6 is 0 Å². The van der Waals surface area contributed by atoms with Gasteiger partial charge < -0.3 is 0 Å². The summed E-state index contributed by atoms with van der Waals surface area (Å²) in [5.41, 5.74) is 0. The minimum absolute atomic E-state index is 0.122. The summed E-state index contributed by atoms with van der Waals surface area (Å²) in [6.45, 7) is 5.21. The van der Waals surface area contributed by atoms with Crippen LogP contribution in [-0.4, -0.2) is 50.1 Å². The number of amides is 1. The molecular formula is C8H17NO2Se. The normalized spacial score (nSPS) is 12.7. The number of carbonyl (C=O) groups is 1. The van der Waals surface area contributed by atoms with Crippen LogP contribution in [0, 0.1) is 0 Å². The van der Waals surface area contributed by atoms with Crippen LogP contribution in [0.15, 0.2) is 0 Å². The summed E-state index contributed by atoms with van der Waals surface area (Å²) < 4.78 is 0. The molecule has 0 saturated carbocycles. The van der Waals surface area contributed by atoms with Gasteiger partial charge in [-0.15, -0.1) is 0 Å². The van der Waals surface area contributed by atoms with E-state index >= 15 is 0 Å². The Morgan fingerprint density at radius 1 is 1.50 bits per heavy atom. The molecule has 0 aliphatic carbocycles. The molecule has 0 aliphatic rings. The first-order chi connectivity index (χ1) is 5.67. The summed E-state index contributed by atoms with van der Waals surface area (Å²) in [7, 11) is 0. The topological polar surface area (TPSA) is 40.5 Å². The van der Waals surface area contributed by atoms with Gasteiger partial charge in [0.25, 0.3) is 0 Å². The van der Waals surface area contributed by atoms with Crippen molar-refractivity contribution in [3.63, 3.8) is 0 Å². The summed E-state index contributed by atoms with van der Waals surface area (Å²) in [5.74, 6) is 1.90. The fraction of sp³-hybridized carbons (Fsp3) is 0.875. The second kappa shape index (κ2) is 6.46.